The number of nitriles is 1. The highest BCUT2D eigenvalue weighted by Crippen LogP contribution is 2.20. The number of amides is 2. The van der Waals surface area contributed by atoms with E-state index in [2.05, 4.69) is 10.6 Å². The van der Waals surface area contributed by atoms with Crippen LogP contribution in [0.1, 0.15) is 29.2 Å². The molecule has 132 valence electrons. The van der Waals surface area contributed by atoms with Crippen molar-refractivity contribution >= 4 is 29.3 Å². The van der Waals surface area contributed by atoms with E-state index in [9.17, 15) is 14.9 Å². The Hall–Kier alpha value is -3.39. The predicted octanol–water partition coefficient (Wildman–Crippen LogP) is 4.12. The molecule has 0 unspecified atom stereocenters. The number of nitrogens with one attached hydrogen (secondary N) is 2. The Morgan fingerprint density at radius 1 is 0.962 bits per heavy atom. The summed E-state index contributed by atoms with van der Waals surface area (Å²) in [5, 5.41) is 14.7. The lowest BCUT2D eigenvalue weighted by molar-refractivity contribution is -0.114. The van der Waals surface area contributed by atoms with Crippen LogP contribution in [-0.4, -0.2) is 11.8 Å². The van der Waals surface area contributed by atoms with Gasteiger partial charge in [-0.2, -0.15) is 5.26 Å². The summed E-state index contributed by atoms with van der Waals surface area (Å²) >= 11 is 0. The third kappa shape index (κ3) is 4.81. The molecule has 2 aromatic rings. The summed E-state index contributed by atoms with van der Waals surface area (Å²) in [7, 11) is 0. The first kappa shape index (κ1) is 18.9. The molecule has 0 radical (unpaired) electrons. The zero-order chi connectivity index (χ0) is 19.3. The molecule has 2 amide bonds. The number of hydrogen-bond acceptors (Lipinski definition) is 3. The molecule has 5 heteroatoms. The van der Waals surface area contributed by atoms with Crippen molar-refractivity contribution < 1.29 is 9.59 Å². The third-order valence-electron chi connectivity index (χ3n) is 3.85. The maximum absolute atomic E-state index is 12.4. The number of carbonyl (C=O) groups excluding carboxylic acids is 2. The molecule has 26 heavy (non-hydrogen) atoms. The van der Waals surface area contributed by atoms with Crippen LogP contribution in [0.15, 0.2) is 42.0 Å². The van der Waals surface area contributed by atoms with Gasteiger partial charge in [-0.25, -0.2) is 0 Å². The van der Waals surface area contributed by atoms with E-state index < -0.39 is 5.91 Å². The van der Waals surface area contributed by atoms with Crippen molar-refractivity contribution in [3.8, 4) is 6.07 Å². The van der Waals surface area contributed by atoms with Crippen LogP contribution in [0, 0.1) is 32.1 Å². The molecule has 0 aliphatic heterocycles. The average Bonchev–Trinajstić information content (AvgIpc) is 2.55. The number of aryl methyl sites for hydroxylation is 3. The minimum absolute atomic E-state index is 0.0333. The van der Waals surface area contributed by atoms with Gasteiger partial charge in [-0.15, -0.1) is 0 Å². The molecule has 0 fully saturated rings. The Morgan fingerprint density at radius 3 is 1.92 bits per heavy atom. The lowest BCUT2D eigenvalue weighted by Crippen LogP contribution is -2.13. The molecule has 0 atom stereocenters. The highest BCUT2D eigenvalue weighted by atomic mass is 16.2. The van der Waals surface area contributed by atoms with Gasteiger partial charge in [0.2, 0.25) is 5.91 Å². The van der Waals surface area contributed by atoms with E-state index in [0.29, 0.717) is 11.4 Å². The monoisotopic (exact) mass is 347 g/mol. The lowest BCUT2D eigenvalue weighted by Gasteiger charge is -2.09. The standard InChI is InChI=1S/C21H21N3O2/c1-13-9-14(2)20(15(3)10-13)11-17(12-22)21(26)24-19-7-5-18(6-8-19)23-16(4)25/h5-11H,1-4H3,(H,23,25)(H,24,26)/b17-11+. The number of carbonyl (C=O) groups is 2. The Bertz CT molecular complexity index is 896. The van der Waals surface area contributed by atoms with E-state index in [1.54, 1.807) is 30.3 Å². The van der Waals surface area contributed by atoms with Gasteiger partial charge in [0, 0.05) is 18.3 Å². The molecule has 0 bridgehead atoms. The van der Waals surface area contributed by atoms with E-state index >= 15 is 0 Å². The zero-order valence-electron chi connectivity index (χ0n) is 15.3. The van der Waals surface area contributed by atoms with E-state index in [1.165, 1.54) is 6.92 Å². The molecular weight excluding hydrogens is 326 g/mol. The third-order valence-corrected chi connectivity index (χ3v) is 3.85. The SMILES string of the molecule is CC(=O)Nc1ccc(NC(=O)/C(C#N)=C/c2c(C)cc(C)cc2C)cc1. The van der Waals surface area contributed by atoms with Gasteiger partial charge in [0.1, 0.15) is 11.6 Å². The number of rotatable bonds is 4. The molecule has 0 spiro atoms. The van der Waals surface area contributed by atoms with Crippen molar-refractivity contribution in [2.45, 2.75) is 27.7 Å². The van der Waals surface area contributed by atoms with Crippen LogP contribution in [0.4, 0.5) is 11.4 Å². The Balaban J connectivity index is 2.22. The van der Waals surface area contributed by atoms with Crippen LogP contribution in [0.25, 0.3) is 6.08 Å². The number of benzene rings is 2. The summed E-state index contributed by atoms with van der Waals surface area (Å²) in [6.45, 7) is 7.35. The molecular formula is C21H21N3O2. The highest BCUT2D eigenvalue weighted by molar-refractivity contribution is 6.10. The molecule has 0 aromatic heterocycles. The predicted molar refractivity (Wildman–Crippen MR) is 104 cm³/mol. The van der Waals surface area contributed by atoms with Gasteiger partial charge < -0.3 is 10.6 Å². The Morgan fingerprint density at radius 2 is 1.46 bits per heavy atom. The summed E-state index contributed by atoms with van der Waals surface area (Å²) in [5.41, 5.74) is 5.26. The second-order valence-corrected chi connectivity index (χ2v) is 6.19. The molecule has 5 nitrogen and oxygen atoms in total. The maximum Gasteiger partial charge on any atom is 0.266 e. The fourth-order valence-corrected chi connectivity index (χ4v) is 2.75. The van der Waals surface area contributed by atoms with Crippen LogP contribution in [0.2, 0.25) is 0 Å². The topological polar surface area (TPSA) is 82.0 Å². The minimum atomic E-state index is -0.473. The van der Waals surface area contributed by atoms with Crippen molar-refractivity contribution in [3.05, 3.63) is 64.2 Å². The van der Waals surface area contributed by atoms with Gasteiger partial charge in [0.25, 0.3) is 5.91 Å². The van der Waals surface area contributed by atoms with Crippen molar-refractivity contribution in [2.75, 3.05) is 10.6 Å². The Labute approximate surface area is 153 Å². The molecule has 2 rings (SSSR count). The Kier molecular flexibility index (Phi) is 5.92. The van der Waals surface area contributed by atoms with Crippen molar-refractivity contribution in [1.82, 2.24) is 0 Å². The van der Waals surface area contributed by atoms with Gasteiger partial charge in [-0.05, 0) is 67.8 Å². The zero-order valence-corrected chi connectivity index (χ0v) is 15.3. The van der Waals surface area contributed by atoms with Gasteiger partial charge in [0.15, 0.2) is 0 Å². The molecule has 0 aliphatic rings. The summed E-state index contributed by atoms with van der Waals surface area (Å²) in [6.07, 6.45) is 1.62. The normalized spacial score (nSPS) is 10.8. The minimum Gasteiger partial charge on any atom is -0.326 e. The molecule has 2 N–H and O–H groups in total. The summed E-state index contributed by atoms with van der Waals surface area (Å²) in [4.78, 5) is 23.5. The smallest absolute Gasteiger partial charge is 0.266 e. The van der Waals surface area contributed by atoms with Gasteiger partial charge in [0.05, 0.1) is 0 Å². The maximum atomic E-state index is 12.4. The van der Waals surface area contributed by atoms with E-state index in [0.717, 1.165) is 22.3 Å². The van der Waals surface area contributed by atoms with E-state index in [-0.39, 0.29) is 11.5 Å². The second-order valence-electron chi connectivity index (χ2n) is 6.19. The van der Waals surface area contributed by atoms with Crippen molar-refractivity contribution in [1.29, 1.82) is 5.26 Å². The molecule has 0 saturated carbocycles. The largest absolute Gasteiger partial charge is 0.326 e. The number of hydrogen-bond donors (Lipinski definition) is 2. The van der Waals surface area contributed by atoms with Gasteiger partial charge >= 0.3 is 0 Å². The van der Waals surface area contributed by atoms with Crippen molar-refractivity contribution in [3.63, 3.8) is 0 Å². The fraction of sp³-hybridized carbons (Fsp3) is 0.190. The van der Waals surface area contributed by atoms with Crippen LogP contribution in [0.3, 0.4) is 0 Å². The molecule has 0 aliphatic carbocycles. The van der Waals surface area contributed by atoms with Crippen LogP contribution in [-0.2, 0) is 9.59 Å². The number of nitrogens with zero attached hydrogens (tertiary/aromatic N) is 1. The number of anilines is 2. The first-order valence-corrected chi connectivity index (χ1v) is 8.19. The average molecular weight is 347 g/mol. The molecule has 2 aromatic carbocycles. The second kappa shape index (κ2) is 8.13. The van der Waals surface area contributed by atoms with Gasteiger partial charge in [-0.3, -0.25) is 9.59 Å². The highest BCUT2D eigenvalue weighted by Gasteiger charge is 2.11. The molecule has 0 saturated heterocycles. The van der Waals surface area contributed by atoms with Crippen molar-refractivity contribution in [2.24, 2.45) is 0 Å². The lowest BCUT2D eigenvalue weighted by atomic mass is 9.98. The van der Waals surface area contributed by atoms with Crippen LogP contribution in [0.5, 0.6) is 0 Å². The van der Waals surface area contributed by atoms with Crippen LogP contribution >= 0.6 is 0 Å². The fourth-order valence-electron chi connectivity index (χ4n) is 2.75. The van der Waals surface area contributed by atoms with Gasteiger partial charge in [-0.1, -0.05) is 17.7 Å². The first-order chi connectivity index (χ1) is 12.3. The van der Waals surface area contributed by atoms with E-state index in [4.69, 9.17) is 0 Å². The van der Waals surface area contributed by atoms with E-state index in [1.807, 2.05) is 39.0 Å². The summed E-state index contributed by atoms with van der Waals surface area (Å²) < 4.78 is 0. The molecule has 0 heterocycles. The first-order valence-electron chi connectivity index (χ1n) is 8.19. The summed E-state index contributed by atoms with van der Waals surface area (Å²) in [6, 6.07) is 12.7. The van der Waals surface area contributed by atoms with Crippen LogP contribution < -0.4 is 10.6 Å². The summed E-state index contributed by atoms with van der Waals surface area (Å²) in [5.74, 6) is -0.639. The quantitative estimate of drug-likeness (QED) is 0.645.